The lowest BCUT2D eigenvalue weighted by Crippen LogP contribution is -2.74. The van der Waals surface area contributed by atoms with Crippen molar-refractivity contribution in [3.63, 3.8) is 0 Å². The normalized spacial score (nSPS) is 11.7. The van der Waals surface area contributed by atoms with E-state index >= 15 is 0 Å². The van der Waals surface area contributed by atoms with Crippen LogP contribution in [0.5, 0.6) is 0 Å². The Morgan fingerprint density at radius 3 is 0.895 bits per heavy atom. The minimum atomic E-state index is -2.80. The summed E-state index contributed by atoms with van der Waals surface area (Å²) >= 11 is 7.60. The highest BCUT2D eigenvalue weighted by atomic mass is 79.9. The van der Waals surface area contributed by atoms with Gasteiger partial charge in [0, 0.05) is 20.1 Å². The van der Waals surface area contributed by atoms with Gasteiger partial charge in [-0.3, -0.25) is 0 Å². The van der Waals surface area contributed by atoms with Gasteiger partial charge in [0.2, 0.25) is 11.8 Å². The summed E-state index contributed by atoms with van der Waals surface area (Å²) in [5.41, 5.74) is 1.76. The summed E-state index contributed by atoms with van der Waals surface area (Å²) in [5, 5.41) is 19.6. The van der Waals surface area contributed by atoms with E-state index in [0.717, 1.165) is 20.1 Å². The molecule has 274 valence electrons. The van der Waals surface area contributed by atoms with Crippen molar-refractivity contribution in [3.05, 3.63) is 227 Å². The maximum Gasteiger partial charge on any atom is 0.248 e. The summed E-state index contributed by atoms with van der Waals surface area (Å²) in [7, 11) is -5.60. The van der Waals surface area contributed by atoms with Crippen LogP contribution in [0.15, 0.2) is 232 Å². The number of hydrogen-bond acceptors (Lipinski definition) is 3. The molecule has 1 heterocycles. The van der Waals surface area contributed by atoms with Gasteiger partial charge in [0.05, 0.1) is 0 Å². The second-order valence-electron chi connectivity index (χ2n) is 14.1. The molecule has 0 saturated carbocycles. The minimum absolute atomic E-state index is 0.483. The molecule has 9 rings (SSSR count). The number of hydrogen-bond donors (Lipinski definition) is 0. The fraction of sp³-hybridized carbons (Fsp3) is 0. The van der Waals surface area contributed by atoms with E-state index in [9.17, 15) is 0 Å². The fourth-order valence-electron chi connectivity index (χ4n) is 8.42. The number of benzene rings is 8. The third kappa shape index (κ3) is 6.80. The minimum Gasteiger partial charge on any atom is -0.416 e. The van der Waals surface area contributed by atoms with Crippen molar-refractivity contribution < 1.29 is 4.42 Å². The SMILES string of the molecule is Brc1cccc([Si](c2ccccc2)(c2ccccc2)c2cccc(-c3nnc(-c4cccc([Si](c5ccccc5)(c5ccccc5)c5cccc(Br)c5)c4)o3)c2)c1. The first kappa shape index (κ1) is 36.9. The molecule has 3 nitrogen and oxygen atoms in total. The molecule has 0 fully saturated rings. The van der Waals surface area contributed by atoms with Crippen molar-refractivity contribution in [2.24, 2.45) is 0 Å². The third-order valence-corrected chi connectivity index (χ3v) is 21.3. The summed E-state index contributed by atoms with van der Waals surface area (Å²) in [6.45, 7) is 0. The first-order valence-electron chi connectivity index (χ1n) is 18.9. The summed E-state index contributed by atoms with van der Waals surface area (Å²) < 4.78 is 8.76. The molecule has 0 aliphatic carbocycles. The lowest BCUT2D eigenvalue weighted by molar-refractivity contribution is 0.584. The van der Waals surface area contributed by atoms with Crippen LogP contribution in [0.25, 0.3) is 22.9 Å². The van der Waals surface area contributed by atoms with E-state index in [1.165, 1.54) is 41.5 Å². The quantitative estimate of drug-likeness (QED) is 0.105. The topological polar surface area (TPSA) is 38.9 Å². The molecule has 1 aromatic heterocycles. The van der Waals surface area contributed by atoms with Gasteiger partial charge in [0.1, 0.15) is 0 Å². The first-order chi connectivity index (χ1) is 28.1. The Morgan fingerprint density at radius 1 is 0.298 bits per heavy atom. The lowest BCUT2D eigenvalue weighted by atomic mass is 10.2. The number of halogens is 2. The second kappa shape index (κ2) is 16.0. The van der Waals surface area contributed by atoms with Crippen LogP contribution in [0.4, 0.5) is 0 Å². The molecular formula is C50H36Br2N2OSi2. The van der Waals surface area contributed by atoms with Gasteiger partial charge >= 0.3 is 0 Å². The molecule has 0 unspecified atom stereocenters. The van der Waals surface area contributed by atoms with Crippen molar-refractivity contribution >= 4 is 89.5 Å². The largest absolute Gasteiger partial charge is 0.416 e. The Balaban J connectivity index is 1.19. The third-order valence-electron chi connectivity index (χ3n) is 10.9. The maximum absolute atomic E-state index is 6.66. The van der Waals surface area contributed by atoms with Crippen molar-refractivity contribution in [1.29, 1.82) is 0 Å². The van der Waals surface area contributed by atoms with Gasteiger partial charge in [-0.2, -0.15) is 0 Å². The monoisotopic (exact) mass is 894 g/mol. The Kier molecular flexibility index (Phi) is 10.4. The summed E-state index contributed by atoms with van der Waals surface area (Å²) in [6.07, 6.45) is 0. The van der Waals surface area contributed by atoms with Gasteiger partial charge < -0.3 is 4.42 Å². The van der Waals surface area contributed by atoms with E-state index in [2.05, 4.69) is 250 Å². The van der Waals surface area contributed by atoms with E-state index in [1.54, 1.807) is 0 Å². The summed E-state index contributed by atoms with van der Waals surface area (Å²) in [5.74, 6) is 0.967. The first-order valence-corrected chi connectivity index (χ1v) is 24.4. The zero-order valence-corrected chi connectivity index (χ0v) is 36.0. The highest BCUT2D eigenvalue weighted by Gasteiger charge is 2.43. The molecule has 9 aromatic rings. The van der Waals surface area contributed by atoms with E-state index in [1.807, 2.05) is 0 Å². The van der Waals surface area contributed by atoms with Gasteiger partial charge in [-0.05, 0) is 90.0 Å². The molecule has 0 amide bonds. The van der Waals surface area contributed by atoms with Crippen molar-refractivity contribution in [2.45, 2.75) is 0 Å². The molecule has 7 heteroatoms. The summed E-state index contributed by atoms with van der Waals surface area (Å²) in [6, 6.07) is 78.6. The van der Waals surface area contributed by atoms with E-state index in [4.69, 9.17) is 14.6 Å². The average molecular weight is 897 g/mol. The molecule has 0 spiro atoms. The predicted molar refractivity (Wildman–Crippen MR) is 248 cm³/mol. The number of rotatable bonds is 10. The number of nitrogens with zero attached hydrogens (tertiary/aromatic N) is 2. The van der Waals surface area contributed by atoms with Crippen molar-refractivity contribution in [1.82, 2.24) is 10.2 Å². The van der Waals surface area contributed by atoms with E-state index in [-0.39, 0.29) is 0 Å². The Bertz CT molecular complexity index is 2510. The van der Waals surface area contributed by atoms with Gasteiger partial charge in [0.15, 0.2) is 16.1 Å². The van der Waals surface area contributed by atoms with E-state index < -0.39 is 16.1 Å². The lowest BCUT2D eigenvalue weighted by Gasteiger charge is -2.34. The van der Waals surface area contributed by atoms with E-state index in [0.29, 0.717) is 11.8 Å². The van der Waals surface area contributed by atoms with Gasteiger partial charge in [-0.15, -0.1) is 10.2 Å². The van der Waals surface area contributed by atoms with Crippen LogP contribution in [0.3, 0.4) is 0 Å². The Hall–Kier alpha value is -5.71. The zero-order chi connectivity index (χ0) is 38.7. The van der Waals surface area contributed by atoms with Crippen LogP contribution in [0.2, 0.25) is 0 Å². The maximum atomic E-state index is 6.66. The van der Waals surface area contributed by atoms with Crippen LogP contribution < -0.4 is 41.5 Å². The highest BCUT2D eigenvalue weighted by molar-refractivity contribution is 9.10. The van der Waals surface area contributed by atoms with Gasteiger partial charge in [0.25, 0.3) is 0 Å². The van der Waals surface area contributed by atoms with Crippen LogP contribution in [-0.4, -0.2) is 26.3 Å². The highest BCUT2D eigenvalue weighted by Crippen LogP contribution is 2.25. The molecule has 0 aliphatic heterocycles. The standard InChI is InChI=1S/C50H36Br2N2OSi2/c51-39-19-15-31-47(35-39)56(41-21-5-1-6-22-41,42-23-7-2-8-24-42)45-29-13-17-37(33-45)49-53-54-50(55-49)38-18-14-30-46(34-38)57(43-25-9-3-10-26-43,44-27-11-4-12-28-44)48-32-16-20-40(52)36-48/h1-36H. The van der Waals surface area contributed by atoms with Crippen molar-refractivity contribution in [3.8, 4) is 22.9 Å². The fourth-order valence-corrected chi connectivity index (χ4v) is 19.3. The molecule has 57 heavy (non-hydrogen) atoms. The van der Waals surface area contributed by atoms with Gasteiger partial charge in [-0.25, -0.2) is 0 Å². The van der Waals surface area contributed by atoms with Crippen LogP contribution in [0.1, 0.15) is 0 Å². The van der Waals surface area contributed by atoms with Gasteiger partial charge in [-0.1, -0.05) is 202 Å². The molecular weight excluding hydrogens is 861 g/mol. The molecule has 8 aromatic carbocycles. The molecule has 0 N–H and O–H groups in total. The second-order valence-corrected chi connectivity index (χ2v) is 23.5. The predicted octanol–water partition coefficient (Wildman–Crippen LogP) is 7.68. The number of aromatic nitrogens is 2. The van der Waals surface area contributed by atoms with Crippen LogP contribution >= 0.6 is 31.9 Å². The molecule has 0 aliphatic rings. The zero-order valence-electron chi connectivity index (χ0n) is 30.8. The smallest absolute Gasteiger partial charge is 0.248 e. The molecule has 0 radical (unpaired) electrons. The summed E-state index contributed by atoms with van der Waals surface area (Å²) in [4.78, 5) is 0. The van der Waals surface area contributed by atoms with Crippen molar-refractivity contribution in [2.75, 3.05) is 0 Å². The van der Waals surface area contributed by atoms with Crippen LogP contribution in [-0.2, 0) is 0 Å². The van der Waals surface area contributed by atoms with Crippen LogP contribution in [0, 0.1) is 0 Å². The Morgan fingerprint density at radius 2 is 0.579 bits per heavy atom. The molecule has 0 atom stereocenters. The molecule has 0 bridgehead atoms. The molecule has 0 saturated heterocycles. The average Bonchev–Trinajstić information content (AvgIpc) is 3.77. The Labute approximate surface area is 352 Å².